The number of carbonyl (C=O) groups excluding carboxylic acids is 3. The Morgan fingerprint density at radius 2 is 1.47 bits per heavy atom. The van der Waals surface area contributed by atoms with Crippen molar-refractivity contribution in [1.82, 2.24) is 35.9 Å². The largest absolute Gasteiger partial charge is 0.480 e. The topological polar surface area (TPSA) is 272 Å². The second-order valence-electron chi connectivity index (χ2n) is 8.32. The average molecular weight is 552 g/mol. The van der Waals surface area contributed by atoms with Gasteiger partial charge in [-0.1, -0.05) is 0 Å². The van der Waals surface area contributed by atoms with E-state index in [4.69, 9.17) is 17.2 Å². The fraction of sp³-hybridized carbons (Fsp3) is 0.476. The fourth-order valence-electron chi connectivity index (χ4n) is 3.33. The summed E-state index contributed by atoms with van der Waals surface area (Å²) < 4.78 is 0. The molecule has 2 heterocycles. The Bertz CT molecular complexity index is 1070. The molecule has 0 aliphatic rings. The SMILES string of the molecule is NC(N)=NCCCC(NC(=O)C(Cc1cnc[nH]1)NC(=O)C(N)Cc1cnc[nH]1)C(=O)NC(CS)C(=O)O. The highest BCUT2D eigenvalue weighted by Gasteiger charge is 2.30. The van der Waals surface area contributed by atoms with Crippen molar-refractivity contribution < 1.29 is 24.3 Å². The minimum Gasteiger partial charge on any atom is -0.480 e. The molecule has 3 amide bonds. The van der Waals surface area contributed by atoms with Crippen molar-refractivity contribution in [2.45, 2.75) is 49.9 Å². The molecule has 17 heteroatoms. The highest BCUT2D eigenvalue weighted by atomic mass is 32.1. The number of thiol groups is 1. The molecule has 2 aromatic heterocycles. The van der Waals surface area contributed by atoms with Crippen LogP contribution in [0.3, 0.4) is 0 Å². The Morgan fingerprint density at radius 3 is 2.00 bits per heavy atom. The minimum absolute atomic E-state index is 0.0189. The summed E-state index contributed by atoms with van der Waals surface area (Å²) in [7, 11) is 0. The molecular weight excluding hydrogens is 518 g/mol. The van der Waals surface area contributed by atoms with Gasteiger partial charge in [0.2, 0.25) is 17.7 Å². The maximum Gasteiger partial charge on any atom is 0.327 e. The van der Waals surface area contributed by atoms with Crippen LogP contribution < -0.4 is 33.2 Å². The molecule has 0 radical (unpaired) electrons. The number of aromatic amines is 2. The molecule has 0 bridgehead atoms. The summed E-state index contributed by atoms with van der Waals surface area (Å²) in [4.78, 5) is 67.7. The first-order valence-electron chi connectivity index (χ1n) is 11.6. The van der Waals surface area contributed by atoms with E-state index >= 15 is 0 Å². The van der Waals surface area contributed by atoms with Gasteiger partial charge in [0.15, 0.2) is 5.96 Å². The van der Waals surface area contributed by atoms with Crippen LogP contribution in [0.4, 0.5) is 0 Å². The van der Waals surface area contributed by atoms with Gasteiger partial charge in [0.05, 0.1) is 18.7 Å². The second-order valence-corrected chi connectivity index (χ2v) is 8.69. The van der Waals surface area contributed by atoms with Crippen LogP contribution in [0.2, 0.25) is 0 Å². The summed E-state index contributed by atoms with van der Waals surface area (Å²) in [6.45, 7) is 0.174. The van der Waals surface area contributed by atoms with Crippen LogP contribution in [0.5, 0.6) is 0 Å². The van der Waals surface area contributed by atoms with Crippen LogP contribution in [-0.2, 0) is 32.0 Å². The molecule has 16 nitrogen and oxygen atoms in total. The molecule has 0 saturated carbocycles. The number of nitrogens with zero attached hydrogens (tertiary/aromatic N) is 3. The lowest BCUT2D eigenvalue weighted by atomic mass is 10.1. The van der Waals surface area contributed by atoms with Crippen LogP contribution in [0.1, 0.15) is 24.2 Å². The number of carboxylic acid groups (broad SMARTS) is 1. The van der Waals surface area contributed by atoms with E-state index in [0.29, 0.717) is 17.8 Å². The van der Waals surface area contributed by atoms with E-state index in [9.17, 15) is 24.3 Å². The monoisotopic (exact) mass is 551 g/mol. The number of hydrogen-bond donors (Lipinski definition) is 10. The van der Waals surface area contributed by atoms with Gasteiger partial charge in [-0.2, -0.15) is 12.6 Å². The fourth-order valence-corrected chi connectivity index (χ4v) is 3.58. The van der Waals surface area contributed by atoms with E-state index in [2.05, 4.69) is 53.5 Å². The third-order valence-corrected chi connectivity index (χ3v) is 5.68. The Balaban J connectivity index is 2.16. The number of aliphatic carboxylic acids is 1. The molecule has 38 heavy (non-hydrogen) atoms. The number of H-pyrrole nitrogens is 2. The number of carboxylic acids is 1. The van der Waals surface area contributed by atoms with Crippen molar-refractivity contribution in [3.8, 4) is 0 Å². The maximum absolute atomic E-state index is 13.3. The van der Waals surface area contributed by atoms with E-state index in [0.717, 1.165) is 0 Å². The molecule has 0 fully saturated rings. The van der Waals surface area contributed by atoms with E-state index in [1.54, 1.807) is 0 Å². The van der Waals surface area contributed by atoms with Crippen molar-refractivity contribution in [2.75, 3.05) is 12.3 Å². The number of nitrogens with one attached hydrogen (secondary N) is 5. The van der Waals surface area contributed by atoms with E-state index in [1.807, 2.05) is 0 Å². The molecular formula is C21H33N11O5S. The van der Waals surface area contributed by atoms with Crippen LogP contribution in [-0.4, -0.2) is 91.2 Å². The summed E-state index contributed by atoms with van der Waals surface area (Å²) in [6.07, 6.45) is 6.43. The maximum atomic E-state index is 13.3. The van der Waals surface area contributed by atoms with Crippen LogP contribution in [0, 0.1) is 0 Å². The van der Waals surface area contributed by atoms with Gasteiger partial charge in [-0.15, -0.1) is 0 Å². The molecule has 0 aliphatic heterocycles. The summed E-state index contributed by atoms with van der Waals surface area (Å²) >= 11 is 3.94. The van der Waals surface area contributed by atoms with Crippen molar-refractivity contribution >= 4 is 42.3 Å². The van der Waals surface area contributed by atoms with Gasteiger partial charge in [0, 0.05) is 48.9 Å². The third kappa shape index (κ3) is 10.1. The van der Waals surface area contributed by atoms with Crippen LogP contribution in [0.15, 0.2) is 30.0 Å². The van der Waals surface area contributed by atoms with Crippen molar-refractivity contribution in [3.05, 3.63) is 36.4 Å². The van der Waals surface area contributed by atoms with Gasteiger partial charge in [-0.05, 0) is 12.8 Å². The van der Waals surface area contributed by atoms with Gasteiger partial charge in [0.1, 0.15) is 18.1 Å². The number of nitrogens with two attached hydrogens (primary N) is 3. The summed E-state index contributed by atoms with van der Waals surface area (Å²) in [5.74, 6) is -3.62. The van der Waals surface area contributed by atoms with Crippen LogP contribution >= 0.6 is 12.6 Å². The number of hydrogen-bond acceptors (Lipinski definition) is 9. The van der Waals surface area contributed by atoms with Gasteiger partial charge in [0.25, 0.3) is 0 Å². The zero-order valence-electron chi connectivity index (χ0n) is 20.5. The van der Waals surface area contributed by atoms with E-state index in [-0.39, 0.29) is 37.5 Å². The second kappa shape index (κ2) is 15.2. The molecule has 208 valence electrons. The molecule has 0 aromatic carbocycles. The summed E-state index contributed by atoms with van der Waals surface area (Å²) in [5, 5.41) is 16.8. The quantitative estimate of drug-likeness (QED) is 0.0431. The Labute approximate surface area is 223 Å². The first kappa shape index (κ1) is 30.1. The standard InChI is InChI=1S/C21H33N11O5S/c22-13(4-11-6-25-9-28-11)17(33)31-15(5-12-7-26-10-29-12)19(35)30-14(2-1-3-27-21(23)24)18(34)32-16(8-38)20(36)37/h6-7,9-10,13-16,38H,1-5,8,22H2,(H,25,28)(H,26,29)(H,30,35)(H,31,33)(H,32,34)(H,36,37)(H4,23,24,27). The molecule has 2 aromatic rings. The van der Waals surface area contributed by atoms with Gasteiger partial charge >= 0.3 is 5.97 Å². The Kier molecular flexibility index (Phi) is 12.0. The summed E-state index contributed by atoms with van der Waals surface area (Å²) in [6, 6.07) is -4.55. The van der Waals surface area contributed by atoms with E-state index < -0.39 is 47.9 Å². The molecule has 0 aliphatic carbocycles. The molecule has 0 spiro atoms. The van der Waals surface area contributed by atoms with Crippen molar-refractivity contribution in [2.24, 2.45) is 22.2 Å². The molecule has 12 N–H and O–H groups in total. The highest BCUT2D eigenvalue weighted by molar-refractivity contribution is 7.80. The lowest BCUT2D eigenvalue weighted by molar-refractivity contribution is -0.141. The number of imidazole rings is 2. The Hall–Kier alpha value is -4.12. The molecule has 4 unspecified atom stereocenters. The number of amides is 3. The van der Waals surface area contributed by atoms with Gasteiger partial charge in [-0.3, -0.25) is 19.4 Å². The van der Waals surface area contributed by atoms with Crippen molar-refractivity contribution in [3.63, 3.8) is 0 Å². The minimum atomic E-state index is -1.28. The Morgan fingerprint density at radius 1 is 0.921 bits per heavy atom. The lowest BCUT2D eigenvalue weighted by Crippen LogP contribution is -2.58. The third-order valence-electron chi connectivity index (χ3n) is 5.32. The number of rotatable bonds is 16. The number of carbonyl (C=O) groups is 4. The van der Waals surface area contributed by atoms with Crippen molar-refractivity contribution in [1.29, 1.82) is 0 Å². The zero-order valence-corrected chi connectivity index (χ0v) is 21.4. The molecule has 2 rings (SSSR count). The number of aromatic nitrogens is 4. The predicted molar refractivity (Wildman–Crippen MR) is 140 cm³/mol. The number of guanidine groups is 1. The first-order valence-corrected chi connectivity index (χ1v) is 12.2. The summed E-state index contributed by atoms with van der Waals surface area (Å²) in [5.41, 5.74) is 17.8. The lowest BCUT2D eigenvalue weighted by Gasteiger charge is -2.25. The zero-order chi connectivity index (χ0) is 28.1. The van der Waals surface area contributed by atoms with Gasteiger partial charge in [-0.25, -0.2) is 14.8 Å². The van der Waals surface area contributed by atoms with Crippen LogP contribution in [0.25, 0.3) is 0 Å². The predicted octanol–water partition coefficient (Wildman–Crippen LogP) is -3.23. The highest BCUT2D eigenvalue weighted by Crippen LogP contribution is 2.05. The van der Waals surface area contributed by atoms with E-state index in [1.165, 1.54) is 25.0 Å². The number of aliphatic imine (C=N–C) groups is 1. The normalized spacial score (nSPS) is 13.9. The molecule has 4 atom stereocenters. The van der Waals surface area contributed by atoms with Gasteiger partial charge < -0.3 is 48.2 Å². The molecule has 0 saturated heterocycles. The smallest absolute Gasteiger partial charge is 0.327 e. The average Bonchev–Trinajstić information content (AvgIpc) is 3.57. The first-order chi connectivity index (χ1) is 18.1.